The fourth-order valence-corrected chi connectivity index (χ4v) is 5.02. The van der Waals surface area contributed by atoms with Crippen molar-refractivity contribution in [3.8, 4) is 0 Å². The first kappa shape index (κ1) is 23.9. The van der Waals surface area contributed by atoms with Crippen molar-refractivity contribution in [2.75, 3.05) is 19.7 Å². The van der Waals surface area contributed by atoms with E-state index in [1.165, 1.54) is 17.7 Å². The molecule has 7 nitrogen and oxygen atoms in total. The van der Waals surface area contributed by atoms with Gasteiger partial charge in [-0.25, -0.2) is 9.78 Å². The Bertz CT molecular complexity index is 769. The number of nitrogens with one attached hydrogen (secondary N) is 1. The molecule has 4 rings (SSSR count). The fourth-order valence-electron chi connectivity index (χ4n) is 4.20. The quantitative estimate of drug-likeness (QED) is 0.714. The minimum absolute atomic E-state index is 0.130. The first-order valence-corrected chi connectivity index (χ1v) is 11.4. The molecule has 1 aromatic rings. The third-order valence-corrected chi connectivity index (χ3v) is 7.02. The third-order valence-electron chi connectivity index (χ3n) is 6.10. The summed E-state index contributed by atoms with van der Waals surface area (Å²) in [6, 6.07) is 0.130. The first-order valence-electron chi connectivity index (χ1n) is 10.5. The Labute approximate surface area is 183 Å². The van der Waals surface area contributed by atoms with Gasteiger partial charge >= 0.3 is 12.1 Å². The maximum absolute atomic E-state index is 12.5. The second-order valence-corrected chi connectivity index (χ2v) is 9.28. The second kappa shape index (κ2) is 10.3. The van der Waals surface area contributed by atoms with E-state index in [2.05, 4.69) is 22.1 Å². The number of hydrogen-bond donors (Lipinski definition) is 2. The van der Waals surface area contributed by atoms with Crippen LogP contribution in [0.25, 0.3) is 0 Å². The van der Waals surface area contributed by atoms with Crippen molar-refractivity contribution in [1.29, 1.82) is 0 Å². The van der Waals surface area contributed by atoms with Gasteiger partial charge in [0.25, 0.3) is 0 Å². The maximum Gasteiger partial charge on any atom is 0.490 e. The molecule has 3 atom stereocenters. The number of aromatic nitrogens is 1. The largest absolute Gasteiger partial charge is 0.490 e. The van der Waals surface area contributed by atoms with Crippen LogP contribution in [0.15, 0.2) is 5.51 Å². The third kappa shape index (κ3) is 6.39. The number of aryl methyl sites for hydroxylation is 1. The van der Waals surface area contributed by atoms with Crippen LogP contribution in [0.5, 0.6) is 0 Å². The summed E-state index contributed by atoms with van der Waals surface area (Å²) in [5.74, 6) is -1.74. The molecular formula is C20H28F3N3O4S. The van der Waals surface area contributed by atoms with Gasteiger partial charge in [-0.1, -0.05) is 6.42 Å². The molecule has 0 spiro atoms. The number of aliphatic carboxylic acids is 1. The zero-order chi connectivity index (χ0) is 22.6. The number of amides is 1. The highest BCUT2D eigenvalue weighted by Gasteiger charge is 2.41. The molecule has 31 heavy (non-hydrogen) atoms. The lowest BCUT2D eigenvalue weighted by Gasteiger charge is -2.46. The molecular weight excluding hydrogens is 435 g/mol. The van der Waals surface area contributed by atoms with E-state index in [9.17, 15) is 18.0 Å². The van der Waals surface area contributed by atoms with Gasteiger partial charge in [-0.2, -0.15) is 13.2 Å². The number of likely N-dealkylation sites (tertiary alicyclic amines) is 1. The van der Waals surface area contributed by atoms with Crippen molar-refractivity contribution in [3.63, 3.8) is 0 Å². The van der Waals surface area contributed by atoms with Crippen molar-refractivity contribution in [2.45, 2.75) is 63.9 Å². The summed E-state index contributed by atoms with van der Waals surface area (Å²) in [6.07, 6.45) is 0.759. The van der Waals surface area contributed by atoms with Gasteiger partial charge in [0.2, 0.25) is 5.91 Å². The van der Waals surface area contributed by atoms with Crippen LogP contribution in [0, 0.1) is 18.8 Å². The number of carboxylic acid groups (broad SMARTS) is 1. The van der Waals surface area contributed by atoms with E-state index in [-0.39, 0.29) is 24.0 Å². The van der Waals surface area contributed by atoms with Crippen LogP contribution < -0.4 is 5.32 Å². The van der Waals surface area contributed by atoms with Crippen LogP contribution in [-0.2, 0) is 20.9 Å². The number of alkyl halides is 3. The van der Waals surface area contributed by atoms with Crippen molar-refractivity contribution < 1.29 is 32.6 Å². The van der Waals surface area contributed by atoms with E-state index in [1.54, 1.807) is 11.3 Å². The molecule has 0 bridgehead atoms. The van der Waals surface area contributed by atoms with Gasteiger partial charge in [0, 0.05) is 37.0 Å². The number of carbonyl (C=O) groups excluding carboxylic acids is 1. The molecule has 11 heteroatoms. The molecule has 0 aromatic carbocycles. The predicted molar refractivity (Wildman–Crippen MR) is 108 cm³/mol. The van der Waals surface area contributed by atoms with E-state index in [0.717, 1.165) is 51.2 Å². The van der Waals surface area contributed by atoms with Crippen molar-refractivity contribution in [1.82, 2.24) is 15.2 Å². The highest BCUT2D eigenvalue weighted by molar-refractivity contribution is 7.09. The molecule has 1 aliphatic carbocycles. The lowest BCUT2D eigenvalue weighted by Crippen LogP contribution is -2.61. The minimum atomic E-state index is -5.08. The highest BCUT2D eigenvalue weighted by Crippen LogP contribution is 2.32. The van der Waals surface area contributed by atoms with E-state index < -0.39 is 12.1 Å². The Morgan fingerprint density at radius 3 is 2.55 bits per heavy atom. The summed E-state index contributed by atoms with van der Waals surface area (Å²) in [5.41, 5.74) is 3.06. The predicted octanol–water partition coefficient (Wildman–Crippen LogP) is 2.98. The molecule has 3 fully saturated rings. The Kier molecular flexibility index (Phi) is 7.92. The first-order chi connectivity index (χ1) is 14.6. The number of rotatable bonds is 4. The molecule has 2 N–H and O–H groups in total. The monoisotopic (exact) mass is 463 g/mol. The van der Waals surface area contributed by atoms with E-state index in [4.69, 9.17) is 14.6 Å². The number of halogens is 3. The number of ether oxygens (including phenoxy) is 1. The molecule has 1 saturated carbocycles. The molecule has 2 saturated heterocycles. The average molecular weight is 464 g/mol. The lowest BCUT2D eigenvalue weighted by molar-refractivity contribution is -0.192. The molecule has 1 aromatic heterocycles. The maximum atomic E-state index is 12.5. The smallest absolute Gasteiger partial charge is 0.475 e. The van der Waals surface area contributed by atoms with Crippen LogP contribution in [0.1, 0.15) is 42.7 Å². The molecule has 1 amide bonds. The topological polar surface area (TPSA) is 91.8 Å². The lowest BCUT2D eigenvalue weighted by atomic mass is 9.82. The van der Waals surface area contributed by atoms with Crippen LogP contribution in [-0.4, -0.2) is 64.9 Å². The number of piperidine rings is 1. The summed E-state index contributed by atoms with van der Waals surface area (Å²) >= 11 is 1.73. The van der Waals surface area contributed by atoms with Crippen molar-refractivity contribution >= 4 is 23.2 Å². The zero-order valence-corrected chi connectivity index (χ0v) is 18.2. The zero-order valence-electron chi connectivity index (χ0n) is 17.4. The molecule has 3 aliphatic rings. The van der Waals surface area contributed by atoms with Crippen LogP contribution in [0.4, 0.5) is 13.2 Å². The summed E-state index contributed by atoms with van der Waals surface area (Å²) in [7, 11) is 0. The van der Waals surface area contributed by atoms with Crippen LogP contribution >= 0.6 is 11.3 Å². The van der Waals surface area contributed by atoms with Gasteiger partial charge in [0.05, 0.1) is 23.4 Å². The standard InChI is InChI=1S/C18H27N3O2S.C2HF3O2/c1-12-16(24-11-19-12)10-21-8-14-6-3-7-23-17(14)15(9-21)20-18(22)13-4-2-5-13;3-2(4,5)1(6)7/h11,13-15,17H,2-10H2,1H3,(H,20,22);(H,6,7)/t14-,15+,17-;/m0./s1. The summed E-state index contributed by atoms with van der Waals surface area (Å²) in [4.78, 5) is 29.5. The van der Waals surface area contributed by atoms with Gasteiger partial charge in [0.15, 0.2) is 0 Å². The summed E-state index contributed by atoms with van der Waals surface area (Å²) < 4.78 is 37.8. The highest BCUT2D eigenvalue weighted by atomic mass is 32.1. The van der Waals surface area contributed by atoms with Gasteiger partial charge in [-0.15, -0.1) is 11.3 Å². The molecule has 174 valence electrons. The van der Waals surface area contributed by atoms with E-state index >= 15 is 0 Å². The summed E-state index contributed by atoms with van der Waals surface area (Å²) in [5, 5.41) is 10.5. The van der Waals surface area contributed by atoms with Crippen molar-refractivity contribution in [2.24, 2.45) is 11.8 Å². The summed E-state index contributed by atoms with van der Waals surface area (Å²) in [6.45, 7) is 5.81. The normalized spacial score (nSPS) is 26.8. The van der Waals surface area contributed by atoms with Gasteiger partial charge in [0.1, 0.15) is 0 Å². The number of carboxylic acids is 1. The Balaban J connectivity index is 0.000000339. The molecule has 2 aliphatic heterocycles. The van der Waals surface area contributed by atoms with Gasteiger partial charge < -0.3 is 15.2 Å². The van der Waals surface area contributed by atoms with E-state index in [1.807, 2.05) is 5.51 Å². The van der Waals surface area contributed by atoms with Crippen molar-refractivity contribution in [3.05, 3.63) is 16.1 Å². The van der Waals surface area contributed by atoms with Crippen LogP contribution in [0.2, 0.25) is 0 Å². The fraction of sp³-hybridized carbons (Fsp3) is 0.750. The minimum Gasteiger partial charge on any atom is -0.475 e. The van der Waals surface area contributed by atoms with Gasteiger partial charge in [-0.3, -0.25) is 9.69 Å². The van der Waals surface area contributed by atoms with Gasteiger partial charge in [-0.05, 0) is 38.5 Å². The molecule has 3 heterocycles. The average Bonchev–Trinajstić information content (AvgIpc) is 3.04. The number of carbonyl (C=O) groups is 2. The Morgan fingerprint density at radius 2 is 2.00 bits per heavy atom. The number of thiazole rings is 1. The number of nitrogens with zero attached hydrogens (tertiary/aromatic N) is 2. The number of fused-ring (bicyclic) bond motifs is 1. The number of hydrogen-bond acceptors (Lipinski definition) is 6. The Hall–Kier alpha value is -1.72. The molecule has 0 radical (unpaired) electrons. The van der Waals surface area contributed by atoms with Crippen LogP contribution in [0.3, 0.4) is 0 Å². The van der Waals surface area contributed by atoms with E-state index in [0.29, 0.717) is 5.92 Å². The Morgan fingerprint density at radius 1 is 1.29 bits per heavy atom. The molecule has 0 unspecified atom stereocenters. The SMILES string of the molecule is Cc1ncsc1CN1C[C@@H]2CCCO[C@@H]2[C@H](NC(=O)C2CCC2)C1.O=C(O)C(F)(F)F. The second-order valence-electron chi connectivity index (χ2n) is 8.34.